The Hall–Kier alpha value is 0.314. The number of carboxylic acids is 1. The van der Waals surface area contributed by atoms with Gasteiger partial charge in [0.2, 0.25) is 0 Å². The third-order valence-corrected chi connectivity index (χ3v) is 0.175. The van der Waals surface area contributed by atoms with Crippen molar-refractivity contribution in [1.82, 2.24) is 0 Å². The number of hydrogen-bond donors (Lipinski definition) is 1. The fourth-order valence-electron chi connectivity index (χ4n) is 0. The first-order valence-corrected chi connectivity index (χ1v) is 1.12. The number of aliphatic carboxylic acids is 1. The van der Waals surface area contributed by atoms with Crippen LogP contribution in [-0.2, 0) is 37.5 Å². The first-order chi connectivity index (χ1) is 2.27. The Morgan fingerprint density at radius 1 is 1.83 bits per heavy atom. The fourth-order valence-corrected chi connectivity index (χ4v) is 0. The van der Waals surface area contributed by atoms with E-state index in [1.807, 2.05) is 0 Å². The minimum absolute atomic E-state index is 0. The van der Waals surface area contributed by atoms with Crippen molar-refractivity contribution in [2.45, 2.75) is 0 Å². The van der Waals surface area contributed by atoms with Crippen molar-refractivity contribution in [1.29, 1.82) is 0 Å². The van der Waals surface area contributed by atoms with Gasteiger partial charge < -0.3 is 5.11 Å². The van der Waals surface area contributed by atoms with E-state index in [4.69, 9.17) is 5.11 Å². The summed E-state index contributed by atoms with van der Waals surface area (Å²) in [4.78, 5) is 9.25. The molecule has 0 aromatic rings. The van der Waals surface area contributed by atoms with Crippen LogP contribution in [-0.4, -0.2) is 11.1 Å². The van der Waals surface area contributed by atoms with Gasteiger partial charge in [-0.15, -0.1) is 0 Å². The van der Waals surface area contributed by atoms with Crippen LogP contribution in [0.15, 0.2) is 12.7 Å². The Kier molecular flexibility index (Phi) is 8.48. The molecule has 0 aliphatic carbocycles. The van der Waals surface area contributed by atoms with E-state index in [9.17, 15) is 4.79 Å². The zero-order chi connectivity index (χ0) is 4.28. The van der Waals surface area contributed by atoms with Crippen LogP contribution in [0.25, 0.3) is 0 Å². The smallest absolute Gasteiger partial charge is 0.327 e. The Morgan fingerprint density at radius 2 is 2.00 bits per heavy atom. The molecular weight excluding hydrogens is 157 g/mol. The van der Waals surface area contributed by atoms with E-state index in [2.05, 4.69) is 6.58 Å². The summed E-state index contributed by atoms with van der Waals surface area (Å²) in [6.07, 6.45) is 0.833. The molecule has 0 amide bonds. The van der Waals surface area contributed by atoms with Crippen LogP contribution in [0.3, 0.4) is 0 Å². The molecule has 0 aromatic carbocycles. The van der Waals surface area contributed by atoms with E-state index in [1.54, 1.807) is 0 Å². The Bertz CT molecular complexity index is 59.8. The zero-order valence-electron chi connectivity index (χ0n) is 3.22. The van der Waals surface area contributed by atoms with Gasteiger partial charge in [0.25, 0.3) is 0 Å². The predicted octanol–water partition coefficient (Wildman–Crippen LogP) is 0.254. The molecule has 0 saturated carbocycles. The molecule has 0 fully saturated rings. The van der Waals surface area contributed by atoms with Gasteiger partial charge in [0.05, 0.1) is 0 Å². The molecule has 3 heteroatoms. The second-order valence-corrected chi connectivity index (χ2v) is 0.542. The van der Waals surface area contributed by atoms with Crippen LogP contribution in [0, 0.1) is 0 Å². The minimum Gasteiger partial charge on any atom is -0.478 e. The van der Waals surface area contributed by atoms with Gasteiger partial charge in [-0.05, 0) is 0 Å². The average molecular weight is 161 g/mol. The normalized spacial score (nSPS) is 5.33. The summed E-state index contributed by atoms with van der Waals surface area (Å²) in [6, 6.07) is 0. The van der Waals surface area contributed by atoms with Gasteiger partial charge in [0.15, 0.2) is 0 Å². The standard InChI is InChI=1S/C3H4O2.Y/c1-2-3(4)5;/h2H,1H2,(H,4,5);. The molecule has 2 nitrogen and oxygen atoms in total. The molecule has 6 heavy (non-hydrogen) atoms. The molecule has 0 saturated heterocycles. The Labute approximate surface area is 61.1 Å². The Balaban J connectivity index is 0. The molecule has 0 atom stereocenters. The molecule has 0 aliphatic rings. The van der Waals surface area contributed by atoms with Crippen molar-refractivity contribution in [3.05, 3.63) is 12.7 Å². The number of rotatable bonds is 1. The summed E-state index contributed by atoms with van der Waals surface area (Å²) in [5.41, 5.74) is 0. The number of carbonyl (C=O) groups is 1. The van der Waals surface area contributed by atoms with Crippen LogP contribution in [0.5, 0.6) is 0 Å². The van der Waals surface area contributed by atoms with E-state index in [0.29, 0.717) is 0 Å². The predicted molar refractivity (Wildman–Crippen MR) is 17.8 cm³/mol. The van der Waals surface area contributed by atoms with E-state index < -0.39 is 5.97 Å². The van der Waals surface area contributed by atoms with E-state index >= 15 is 0 Å². The molecule has 0 spiro atoms. The van der Waals surface area contributed by atoms with Crippen LogP contribution < -0.4 is 0 Å². The van der Waals surface area contributed by atoms with Gasteiger partial charge in [-0.25, -0.2) is 4.79 Å². The van der Waals surface area contributed by atoms with Gasteiger partial charge in [-0.1, -0.05) is 6.58 Å². The molecular formula is C3H4O2Y. The summed E-state index contributed by atoms with van der Waals surface area (Å²) < 4.78 is 0. The SMILES string of the molecule is C=CC(=O)O.[Y]. The summed E-state index contributed by atoms with van der Waals surface area (Å²) in [6.45, 7) is 2.96. The molecule has 1 radical (unpaired) electrons. The molecule has 0 rings (SSSR count). The van der Waals surface area contributed by atoms with Gasteiger partial charge in [-0.2, -0.15) is 0 Å². The fraction of sp³-hybridized carbons (Fsp3) is 0. The van der Waals surface area contributed by atoms with Gasteiger partial charge in [0.1, 0.15) is 0 Å². The van der Waals surface area contributed by atoms with Crippen LogP contribution >= 0.6 is 0 Å². The van der Waals surface area contributed by atoms with E-state index in [0.717, 1.165) is 6.08 Å². The molecule has 1 N–H and O–H groups in total. The second kappa shape index (κ2) is 5.31. The van der Waals surface area contributed by atoms with Gasteiger partial charge in [0, 0.05) is 38.8 Å². The maximum Gasteiger partial charge on any atom is 0.327 e. The Morgan fingerprint density at radius 3 is 2.00 bits per heavy atom. The summed E-state index contributed by atoms with van der Waals surface area (Å²) in [5, 5.41) is 7.60. The molecule has 0 aromatic heterocycles. The van der Waals surface area contributed by atoms with Crippen molar-refractivity contribution in [2.75, 3.05) is 0 Å². The monoisotopic (exact) mass is 161 g/mol. The second-order valence-electron chi connectivity index (χ2n) is 0.542. The first kappa shape index (κ1) is 9.58. The van der Waals surface area contributed by atoms with Crippen LogP contribution in [0.2, 0.25) is 0 Å². The van der Waals surface area contributed by atoms with Crippen molar-refractivity contribution < 1.29 is 42.6 Å². The van der Waals surface area contributed by atoms with E-state index in [1.165, 1.54) is 0 Å². The number of hydrogen-bond acceptors (Lipinski definition) is 1. The van der Waals surface area contributed by atoms with Gasteiger partial charge >= 0.3 is 5.97 Å². The summed E-state index contributed by atoms with van der Waals surface area (Å²) >= 11 is 0. The maximum absolute atomic E-state index is 9.25. The molecule has 31 valence electrons. The zero-order valence-corrected chi connectivity index (χ0v) is 6.06. The average Bonchev–Trinajstić information content (AvgIpc) is 1.38. The van der Waals surface area contributed by atoms with Crippen LogP contribution in [0.4, 0.5) is 0 Å². The van der Waals surface area contributed by atoms with Crippen molar-refractivity contribution >= 4 is 5.97 Å². The van der Waals surface area contributed by atoms with E-state index in [-0.39, 0.29) is 32.7 Å². The summed E-state index contributed by atoms with van der Waals surface area (Å²) in [5.74, 6) is -0.981. The van der Waals surface area contributed by atoms with Crippen LogP contribution in [0.1, 0.15) is 0 Å². The minimum atomic E-state index is -0.981. The molecule has 0 heterocycles. The van der Waals surface area contributed by atoms with Crippen molar-refractivity contribution in [2.24, 2.45) is 0 Å². The molecule has 0 bridgehead atoms. The third kappa shape index (κ3) is 8.85. The molecule has 0 aliphatic heterocycles. The van der Waals surface area contributed by atoms with Gasteiger partial charge in [-0.3, -0.25) is 0 Å². The molecule has 0 unspecified atom stereocenters. The van der Waals surface area contributed by atoms with Crippen molar-refractivity contribution in [3.63, 3.8) is 0 Å². The third-order valence-electron chi connectivity index (χ3n) is 0.175. The first-order valence-electron chi connectivity index (χ1n) is 1.12. The summed E-state index contributed by atoms with van der Waals surface area (Å²) in [7, 11) is 0. The maximum atomic E-state index is 9.25. The van der Waals surface area contributed by atoms with Crippen molar-refractivity contribution in [3.8, 4) is 0 Å². The topological polar surface area (TPSA) is 37.3 Å². The quantitative estimate of drug-likeness (QED) is 0.559. The number of carboxylic acid groups (broad SMARTS) is 1. The largest absolute Gasteiger partial charge is 0.478 e.